The highest BCUT2D eigenvalue weighted by atomic mass is 16.1. The van der Waals surface area contributed by atoms with Crippen LogP contribution in [0.5, 0.6) is 0 Å². The summed E-state index contributed by atoms with van der Waals surface area (Å²) in [5.74, 6) is 4.27. The third-order valence-corrected chi connectivity index (χ3v) is 9.56. The fourth-order valence-corrected chi connectivity index (χ4v) is 7.67. The monoisotopic (exact) mass is 380 g/mol. The molecule has 0 N–H and O–H groups in total. The van der Waals surface area contributed by atoms with Crippen LogP contribution >= 0.6 is 0 Å². The maximum Gasteiger partial charge on any atom is 0.163 e. The Labute approximate surface area is 172 Å². The van der Waals surface area contributed by atoms with E-state index in [1.165, 1.54) is 51.4 Å². The molecule has 1 heteroatoms. The molecule has 1 nitrogen and oxygen atoms in total. The quantitative estimate of drug-likeness (QED) is 0.495. The van der Waals surface area contributed by atoms with Gasteiger partial charge >= 0.3 is 0 Å². The van der Waals surface area contributed by atoms with Gasteiger partial charge in [-0.2, -0.15) is 0 Å². The molecule has 4 rings (SSSR count). The van der Waals surface area contributed by atoms with Crippen molar-refractivity contribution in [2.75, 3.05) is 0 Å². The lowest BCUT2D eigenvalue weighted by molar-refractivity contribution is -0.0723. The summed E-state index contributed by atoms with van der Waals surface area (Å²) in [6.07, 6.45) is 11.8. The Balaban J connectivity index is 1.56. The van der Waals surface area contributed by atoms with Crippen LogP contribution in [0.2, 0.25) is 0 Å². The highest BCUT2D eigenvalue weighted by Crippen LogP contribution is 2.60. The van der Waals surface area contributed by atoms with Gasteiger partial charge in [0, 0.05) is 12.0 Å². The van der Waals surface area contributed by atoms with Gasteiger partial charge in [-0.15, -0.1) is 0 Å². The van der Waals surface area contributed by atoms with Gasteiger partial charge in [0.2, 0.25) is 0 Å². The fraction of sp³-hybridized carbons (Fsp3) is 0.741. The van der Waals surface area contributed by atoms with Crippen molar-refractivity contribution >= 4 is 5.78 Å². The van der Waals surface area contributed by atoms with E-state index in [1.54, 1.807) is 0 Å². The Kier molecular flexibility index (Phi) is 5.49. The van der Waals surface area contributed by atoms with Crippen LogP contribution in [-0.4, -0.2) is 5.78 Å². The Morgan fingerprint density at radius 1 is 0.964 bits per heavy atom. The summed E-state index contributed by atoms with van der Waals surface area (Å²) in [6.45, 7) is 10.2. The number of carbonyl (C=O) groups excluding carboxylic acids is 1. The fourth-order valence-electron chi connectivity index (χ4n) is 7.67. The Bertz CT molecular complexity index is 689. The standard InChI is InChI=1S/C27H40O/c1-19-9-8-15-27(4)16-14-23-21(17-25(28)20-10-6-5-7-11-20)12-13-22(18-24(19)27)26(23,2)3/h5-7,10-11,19,21-24H,8-9,12-18H2,1-4H3/t19-,21+,22+,23+,24-,27+/m1/s1. The molecule has 3 aliphatic rings. The zero-order chi connectivity index (χ0) is 19.9. The molecule has 1 aromatic carbocycles. The molecule has 3 fully saturated rings. The maximum absolute atomic E-state index is 13.0. The van der Waals surface area contributed by atoms with Crippen LogP contribution in [0.4, 0.5) is 0 Å². The van der Waals surface area contributed by atoms with Crippen molar-refractivity contribution < 1.29 is 4.79 Å². The smallest absolute Gasteiger partial charge is 0.163 e. The number of hydrogen-bond acceptors (Lipinski definition) is 1. The Morgan fingerprint density at radius 3 is 2.46 bits per heavy atom. The number of hydrogen-bond donors (Lipinski definition) is 0. The maximum atomic E-state index is 13.0. The molecular formula is C27H40O. The van der Waals surface area contributed by atoms with Crippen molar-refractivity contribution in [1.29, 1.82) is 0 Å². The van der Waals surface area contributed by atoms with Gasteiger partial charge in [-0.25, -0.2) is 0 Å². The molecule has 0 heterocycles. The zero-order valence-corrected chi connectivity index (χ0v) is 18.5. The van der Waals surface area contributed by atoms with E-state index in [9.17, 15) is 4.79 Å². The van der Waals surface area contributed by atoms with Gasteiger partial charge in [0.1, 0.15) is 0 Å². The summed E-state index contributed by atoms with van der Waals surface area (Å²) < 4.78 is 0. The lowest BCUT2D eigenvalue weighted by Crippen LogP contribution is -2.49. The van der Waals surface area contributed by atoms with E-state index < -0.39 is 0 Å². The topological polar surface area (TPSA) is 17.1 Å². The van der Waals surface area contributed by atoms with E-state index in [1.807, 2.05) is 30.3 Å². The molecule has 3 saturated carbocycles. The molecule has 6 atom stereocenters. The first kappa shape index (κ1) is 20.2. The van der Waals surface area contributed by atoms with Crippen molar-refractivity contribution in [3.63, 3.8) is 0 Å². The number of rotatable bonds is 3. The average Bonchev–Trinajstić information content (AvgIpc) is 2.66. The Hall–Kier alpha value is -1.11. The summed E-state index contributed by atoms with van der Waals surface area (Å²) in [4.78, 5) is 13.0. The second-order valence-corrected chi connectivity index (χ2v) is 11.4. The van der Waals surface area contributed by atoms with E-state index in [0.717, 1.165) is 29.7 Å². The summed E-state index contributed by atoms with van der Waals surface area (Å²) in [5, 5.41) is 0. The van der Waals surface area contributed by atoms with Gasteiger partial charge in [-0.1, -0.05) is 70.9 Å². The molecule has 28 heavy (non-hydrogen) atoms. The number of Topliss-reactive ketones (excluding diaryl/α,β-unsaturated/α-hetero) is 1. The highest BCUT2D eigenvalue weighted by Gasteiger charge is 2.51. The Morgan fingerprint density at radius 2 is 1.71 bits per heavy atom. The predicted molar refractivity (Wildman–Crippen MR) is 117 cm³/mol. The van der Waals surface area contributed by atoms with Gasteiger partial charge in [0.25, 0.3) is 0 Å². The van der Waals surface area contributed by atoms with Crippen molar-refractivity contribution in [3.8, 4) is 0 Å². The molecule has 0 saturated heterocycles. The minimum Gasteiger partial charge on any atom is -0.294 e. The molecule has 1 aromatic rings. The molecule has 0 unspecified atom stereocenters. The molecular weight excluding hydrogens is 340 g/mol. The van der Waals surface area contributed by atoms with Gasteiger partial charge < -0.3 is 0 Å². The second kappa shape index (κ2) is 7.62. The normalized spacial score (nSPS) is 40.1. The first-order chi connectivity index (χ1) is 13.3. The van der Waals surface area contributed by atoms with Crippen molar-refractivity contribution in [2.24, 2.45) is 40.4 Å². The molecule has 2 bridgehead atoms. The van der Waals surface area contributed by atoms with Crippen molar-refractivity contribution in [1.82, 2.24) is 0 Å². The van der Waals surface area contributed by atoms with Crippen LogP contribution in [0.1, 0.15) is 95.8 Å². The van der Waals surface area contributed by atoms with Gasteiger partial charge in [-0.05, 0) is 78.9 Å². The number of ketones is 1. The SMILES string of the molecule is C[C@@H]1CCC[C@@]2(C)CC[C@H]3[C@H](CC(=O)c4ccccc4)CC[C@@H](C[C@H]12)C3(C)C. The molecule has 0 amide bonds. The lowest BCUT2D eigenvalue weighted by atomic mass is 9.48. The minimum absolute atomic E-state index is 0.359. The van der Waals surface area contributed by atoms with E-state index in [0.29, 0.717) is 28.4 Å². The van der Waals surface area contributed by atoms with E-state index >= 15 is 0 Å². The number of benzene rings is 1. The first-order valence-corrected chi connectivity index (χ1v) is 11.9. The zero-order valence-electron chi connectivity index (χ0n) is 18.5. The second-order valence-electron chi connectivity index (χ2n) is 11.4. The van der Waals surface area contributed by atoms with Gasteiger partial charge in [-0.3, -0.25) is 4.79 Å². The molecule has 0 aromatic heterocycles. The van der Waals surface area contributed by atoms with Crippen molar-refractivity contribution in [3.05, 3.63) is 35.9 Å². The number of fused-ring (bicyclic) bond motifs is 3. The van der Waals surface area contributed by atoms with Crippen LogP contribution in [0, 0.1) is 40.4 Å². The van der Waals surface area contributed by atoms with Gasteiger partial charge in [0.05, 0.1) is 0 Å². The van der Waals surface area contributed by atoms with E-state index in [4.69, 9.17) is 0 Å². The minimum atomic E-state index is 0.359. The van der Waals surface area contributed by atoms with Crippen LogP contribution in [0.3, 0.4) is 0 Å². The third-order valence-electron chi connectivity index (χ3n) is 9.56. The van der Waals surface area contributed by atoms with Crippen LogP contribution < -0.4 is 0 Å². The molecule has 3 aliphatic carbocycles. The summed E-state index contributed by atoms with van der Waals surface area (Å²) in [5.41, 5.74) is 1.82. The summed E-state index contributed by atoms with van der Waals surface area (Å²) in [7, 11) is 0. The van der Waals surface area contributed by atoms with E-state index in [-0.39, 0.29) is 0 Å². The third kappa shape index (κ3) is 3.59. The molecule has 0 aliphatic heterocycles. The largest absolute Gasteiger partial charge is 0.294 e. The van der Waals surface area contributed by atoms with Crippen molar-refractivity contribution in [2.45, 2.75) is 85.5 Å². The lowest BCUT2D eigenvalue weighted by Gasteiger charge is -2.57. The van der Waals surface area contributed by atoms with Crippen LogP contribution in [-0.2, 0) is 0 Å². The summed E-state index contributed by atoms with van der Waals surface area (Å²) in [6, 6.07) is 9.98. The number of carbonyl (C=O) groups is 1. The first-order valence-electron chi connectivity index (χ1n) is 11.9. The molecule has 0 radical (unpaired) electrons. The molecule has 0 spiro atoms. The predicted octanol–water partition coefficient (Wildman–Crippen LogP) is 7.55. The van der Waals surface area contributed by atoms with E-state index in [2.05, 4.69) is 27.7 Å². The average molecular weight is 381 g/mol. The van der Waals surface area contributed by atoms with Crippen LogP contribution in [0.15, 0.2) is 30.3 Å². The summed E-state index contributed by atoms with van der Waals surface area (Å²) >= 11 is 0. The van der Waals surface area contributed by atoms with Gasteiger partial charge in [0.15, 0.2) is 5.78 Å². The highest BCUT2D eigenvalue weighted by molar-refractivity contribution is 5.96. The van der Waals surface area contributed by atoms with Crippen LogP contribution in [0.25, 0.3) is 0 Å². The molecule has 154 valence electrons.